The highest BCUT2D eigenvalue weighted by Gasteiger charge is 2.30. The first-order valence-corrected chi connectivity index (χ1v) is 11.9. The maximum atomic E-state index is 12.8. The van der Waals surface area contributed by atoms with E-state index < -0.39 is 27.7 Å². The molecule has 0 saturated carbocycles. The Kier molecular flexibility index (Phi) is 7.34. The minimum absolute atomic E-state index is 0.0135. The van der Waals surface area contributed by atoms with Crippen molar-refractivity contribution in [2.45, 2.75) is 19.3 Å². The molecule has 0 aliphatic carbocycles. The highest BCUT2D eigenvalue weighted by Crippen LogP contribution is 2.29. The molecular weight excluding hydrogens is 477 g/mol. The second-order valence-electron chi connectivity index (χ2n) is 7.29. The van der Waals surface area contributed by atoms with E-state index in [2.05, 4.69) is 5.32 Å². The number of alkyl halides is 3. The molecule has 0 unspecified atom stereocenters. The molecule has 3 rings (SSSR count). The number of anilines is 1. The average Bonchev–Trinajstić information content (AvgIpc) is 2.76. The lowest BCUT2D eigenvalue weighted by Gasteiger charge is -2.23. The molecule has 0 saturated heterocycles. The van der Waals surface area contributed by atoms with Crippen LogP contribution in [0.25, 0.3) is 0 Å². The third kappa shape index (κ3) is 6.49. The molecule has 0 atom stereocenters. The second-order valence-corrected chi connectivity index (χ2v) is 9.60. The highest BCUT2D eigenvalue weighted by atomic mass is 35.5. The molecule has 0 aromatic heterocycles. The summed E-state index contributed by atoms with van der Waals surface area (Å²) in [7, 11) is -3.65. The van der Waals surface area contributed by atoms with Crippen LogP contribution < -0.4 is 9.62 Å². The van der Waals surface area contributed by atoms with Crippen molar-refractivity contribution in [3.8, 4) is 0 Å². The van der Waals surface area contributed by atoms with Crippen LogP contribution in [0.4, 0.5) is 18.9 Å². The SMILES string of the molecule is CS(=O)(=O)N(Cc1ccccc1Cl)c1ccc(C(=O)NCc2cccc(C(F)(F)F)c2)cc1. The van der Waals surface area contributed by atoms with Gasteiger partial charge in [-0.05, 0) is 53.6 Å². The first-order valence-electron chi connectivity index (χ1n) is 9.70. The molecule has 3 aromatic carbocycles. The molecule has 10 heteroatoms. The third-order valence-electron chi connectivity index (χ3n) is 4.80. The highest BCUT2D eigenvalue weighted by molar-refractivity contribution is 7.92. The predicted molar refractivity (Wildman–Crippen MR) is 122 cm³/mol. The molecule has 174 valence electrons. The summed E-state index contributed by atoms with van der Waals surface area (Å²) < 4.78 is 64.4. The van der Waals surface area contributed by atoms with E-state index in [1.807, 2.05) is 0 Å². The van der Waals surface area contributed by atoms with Gasteiger partial charge >= 0.3 is 6.18 Å². The Morgan fingerprint density at radius 1 is 1.00 bits per heavy atom. The van der Waals surface area contributed by atoms with E-state index in [9.17, 15) is 26.4 Å². The van der Waals surface area contributed by atoms with Crippen molar-refractivity contribution in [3.05, 3.63) is 100 Å². The Bertz CT molecular complexity index is 1250. The molecule has 0 heterocycles. The van der Waals surface area contributed by atoms with Crippen LogP contribution in [0.3, 0.4) is 0 Å². The molecule has 3 aromatic rings. The van der Waals surface area contributed by atoms with Crippen molar-refractivity contribution in [3.63, 3.8) is 0 Å². The van der Waals surface area contributed by atoms with Gasteiger partial charge in [-0.2, -0.15) is 13.2 Å². The van der Waals surface area contributed by atoms with E-state index in [1.54, 1.807) is 24.3 Å². The largest absolute Gasteiger partial charge is 0.416 e. The maximum Gasteiger partial charge on any atom is 0.416 e. The zero-order valence-electron chi connectivity index (χ0n) is 17.4. The first kappa shape index (κ1) is 24.6. The number of carbonyl (C=O) groups excluding carboxylic acids is 1. The lowest BCUT2D eigenvalue weighted by Crippen LogP contribution is -2.29. The lowest BCUT2D eigenvalue weighted by atomic mass is 10.1. The van der Waals surface area contributed by atoms with Gasteiger partial charge in [-0.1, -0.05) is 41.9 Å². The number of hydrogen-bond donors (Lipinski definition) is 1. The number of rotatable bonds is 7. The minimum atomic E-state index is -4.47. The summed E-state index contributed by atoms with van der Waals surface area (Å²) in [5.41, 5.74) is 0.701. The summed E-state index contributed by atoms with van der Waals surface area (Å²) in [6, 6.07) is 17.4. The standard InChI is InChI=1S/C23H20ClF3N2O3S/c1-33(31,32)29(15-18-6-2-3-8-21(18)24)20-11-9-17(10-12-20)22(30)28-14-16-5-4-7-19(13-16)23(25,26)27/h2-13H,14-15H2,1H3,(H,28,30). The Balaban J connectivity index is 1.73. The maximum absolute atomic E-state index is 12.8. The van der Waals surface area contributed by atoms with E-state index in [0.717, 1.165) is 18.4 Å². The van der Waals surface area contributed by atoms with Crippen molar-refractivity contribution in [2.24, 2.45) is 0 Å². The molecule has 0 fully saturated rings. The van der Waals surface area contributed by atoms with Gasteiger partial charge in [-0.3, -0.25) is 9.10 Å². The fourth-order valence-corrected chi connectivity index (χ4v) is 4.18. The lowest BCUT2D eigenvalue weighted by molar-refractivity contribution is -0.137. The van der Waals surface area contributed by atoms with Crippen molar-refractivity contribution >= 4 is 33.2 Å². The molecule has 0 bridgehead atoms. The quantitative estimate of drug-likeness (QED) is 0.485. The second kappa shape index (κ2) is 9.84. The topological polar surface area (TPSA) is 66.5 Å². The fraction of sp³-hybridized carbons (Fsp3) is 0.174. The van der Waals surface area contributed by atoms with Gasteiger partial charge in [0.05, 0.1) is 24.1 Å². The Morgan fingerprint density at radius 3 is 2.27 bits per heavy atom. The molecule has 1 amide bonds. The fourth-order valence-electron chi connectivity index (χ4n) is 3.10. The van der Waals surface area contributed by atoms with Gasteiger partial charge < -0.3 is 5.32 Å². The average molecular weight is 497 g/mol. The monoisotopic (exact) mass is 496 g/mol. The summed E-state index contributed by atoms with van der Waals surface area (Å²) >= 11 is 6.16. The number of benzene rings is 3. The van der Waals surface area contributed by atoms with Crippen LogP contribution in [0.2, 0.25) is 5.02 Å². The van der Waals surface area contributed by atoms with E-state index in [-0.39, 0.29) is 18.7 Å². The van der Waals surface area contributed by atoms with Crippen LogP contribution in [0.15, 0.2) is 72.8 Å². The smallest absolute Gasteiger partial charge is 0.348 e. The molecular formula is C23H20ClF3N2O3S. The van der Waals surface area contributed by atoms with E-state index in [0.29, 0.717) is 21.8 Å². The molecule has 1 N–H and O–H groups in total. The van der Waals surface area contributed by atoms with E-state index >= 15 is 0 Å². The van der Waals surface area contributed by atoms with Crippen molar-refractivity contribution in [2.75, 3.05) is 10.6 Å². The van der Waals surface area contributed by atoms with Gasteiger partial charge in [-0.15, -0.1) is 0 Å². The van der Waals surface area contributed by atoms with Crippen molar-refractivity contribution in [1.29, 1.82) is 0 Å². The van der Waals surface area contributed by atoms with Crippen LogP contribution in [0.1, 0.15) is 27.0 Å². The number of nitrogens with zero attached hydrogens (tertiary/aromatic N) is 1. The minimum Gasteiger partial charge on any atom is -0.348 e. The number of carbonyl (C=O) groups is 1. The Morgan fingerprint density at radius 2 is 1.67 bits per heavy atom. The zero-order valence-corrected chi connectivity index (χ0v) is 19.0. The van der Waals surface area contributed by atoms with E-state index in [4.69, 9.17) is 11.6 Å². The molecule has 0 aliphatic heterocycles. The number of sulfonamides is 1. The number of halogens is 4. The van der Waals surface area contributed by atoms with Crippen molar-refractivity contribution < 1.29 is 26.4 Å². The Labute approximate surface area is 194 Å². The number of hydrogen-bond acceptors (Lipinski definition) is 3. The van der Waals surface area contributed by atoms with Gasteiger partial charge in [-0.25, -0.2) is 8.42 Å². The van der Waals surface area contributed by atoms with Crippen LogP contribution in [-0.4, -0.2) is 20.6 Å². The third-order valence-corrected chi connectivity index (χ3v) is 6.31. The molecule has 33 heavy (non-hydrogen) atoms. The summed E-state index contributed by atoms with van der Waals surface area (Å²) in [6.45, 7) is -0.0773. The zero-order chi connectivity index (χ0) is 24.2. The van der Waals surface area contributed by atoms with Crippen LogP contribution in [0, 0.1) is 0 Å². The van der Waals surface area contributed by atoms with Crippen LogP contribution >= 0.6 is 11.6 Å². The predicted octanol–water partition coefficient (Wildman–Crippen LogP) is 5.26. The van der Waals surface area contributed by atoms with Gasteiger partial charge in [0.1, 0.15) is 0 Å². The summed E-state index contributed by atoms with van der Waals surface area (Å²) in [5, 5.41) is 2.99. The van der Waals surface area contributed by atoms with Crippen molar-refractivity contribution in [1.82, 2.24) is 5.32 Å². The van der Waals surface area contributed by atoms with Crippen LogP contribution in [0.5, 0.6) is 0 Å². The molecule has 0 spiro atoms. The van der Waals surface area contributed by atoms with Gasteiger partial charge in [0, 0.05) is 17.1 Å². The summed E-state index contributed by atoms with van der Waals surface area (Å²) in [6.07, 6.45) is -3.40. The molecule has 0 aliphatic rings. The summed E-state index contributed by atoms with van der Waals surface area (Å²) in [5.74, 6) is -0.504. The van der Waals surface area contributed by atoms with Gasteiger partial charge in [0.2, 0.25) is 10.0 Å². The van der Waals surface area contributed by atoms with E-state index in [1.165, 1.54) is 40.7 Å². The van der Waals surface area contributed by atoms with Crippen LogP contribution in [-0.2, 0) is 29.3 Å². The number of nitrogens with one attached hydrogen (secondary N) is 1. The van der Waals surface area contributed by atoms with Gasteiger partial charge in [0.15, 0.2) is 0 Å². The number of amides is 1. The normalized spacial score (nSPS) is 11.8. The first-order chi connectivity index (χ1) is 15.4. The summed E-state index contributed by atoms with van der Waals surface area (Å²) in [4.78, 5) is 12.4. The van der Waals surface area contributed by atoms with Gasteiger partial charge in [0.25, 0.3) is 5.91 Å². The molecule has 5 nitrogen and oxygen atoms in total. The molecule has 0 radical (unpaired) electrons. The Hall–Kier alpha value is -3.04.